The molecular formula is C19H18N4O4. The second kappa shape index (κ2) is 8.13. The van der Waals surface area contributed by atoms with E-state index in [9.17, 15) is 14.7 Å². The van der Waals surface area contributed by atoms with Crippen molar-refractivity contribution >= 4 is 28.4 Å². The van der Waals surface area contributed by atoms with Crippen molar-refractivity contribution < 1.29 is 19.4 Å². The first-order valence-electron chi connectivity index (χ1n) is 8.23. The second-order valence-electron chi connectivity index (χ2n) is 5.84. The monoisotopic (exact) mass is 366 g/mol. The van der Waals surface area contributed by atoms with Gasteiger partial charge in [0, 0.05) is 5.39 Å². The predicted molar refractivity (Wildman–Crippen MR) is 99.2 cm³/mol. The summed E-state index contributed by atoms with van der Waals surface area (Å²) in [7, 11) is 0. The molecule has 1 heterocycles. The van der Waals surface area contributed by atoms with Crippen molar-refractivity contribution in [3.63, 3.8) is 0 Å². The van der Waals surface area contributed by atoms with Crippen LogP contribution in [0.1, 0.15) is 5.56 Å². The number of nitrogens with one attached hydrogen (secondary N) is 2. The standard InChI is InChI=1S/C19H18N4O4/c1-12-6-8-13(9-7-12)27-11-17(25)20-10-16(24)22-23-18-14-4-2-3-5-15(14)21-19(18)26/h2-9,21,26H,10-11H2,1H3,(H,20,25). The molecule has 0 atom stereocenters. The van der Waals surface area contributed by atoms with Gasteiger partial charge in [-0.05, 0) is 25.1 Å². The first-order chi connectivity index (χ1) is 13.0. The van der Waals surface area contributed by atoms with Crippen molar-refractivity contribution in [1.29, 1.82) is 0 Å². The van der Waals surface area contributed by atoms with Crippen LogP contribution in [0.25, 0.3) is 10.9 Å². The van der Waals surface area contributed by atoms with Crippen molar-refractivity contribution in [3.05, 3.63) is 54.1 Å². The molecule has 0 saturated carbocycles. The Kier molecular flexibility index (Phi) is 5.46. The third kappa shape index (κ3) is 4.69. The van der Waals surface area contributed by atoms with E-state index in [1.165, 1.54) is 0 Å². The number of aryl methyl sites for hydroxylation is 1. The molecule has 1 aromatic heterocycles. The number of rotatable bonds is 6. The van der Waals surface area contributed by atoms with Gasteiger partial charge in [-0.1, -0.05) is 35.9 Å². The number of hydrogen-bond donors (Lipinski definition) is 3. The van der Waals surface area contributed by atoms with Crippen molar-refractivity contribution in [3.8, 4) is 11.6 Å². The van der Waals surface area contributed by atoms with Crippen LogP contribution < -0.4 is 10.1 Å². The normalized spacial score (nSPS) is 11.0. The minimum absolute atomic E-state index is 0.174. The number of benzene rings is 2. The number of H-pyrrole nitrogens is 1. The molecular weight excluding hydrogens is 348 g/mol. The van der Waals surface area contributed by atoms with Crippen molar-refractivity contribution in [2.45, 2.75) is 6.92 Å². The Balaban J connectivity index is 1.50. The first-order valence-corrected chi connectivity index (χ1v) is 8.23. The quantitative estimate of drug-likeness (QED) is 0.582. The number of azo groups is 1. The number of ether oxygens (including phenoxy) is 1. The number of hydrogen-bond acceptors (Lipinski definition) is 5. The van der Waals surface area contributed by atoms with Gasteiger partial charge in [-0.3, -0.25) is 9.59 Å². The third-order valence-corrected chi connectivity index (χ3v) is 3.75. The summed E-state index contributed by atoms with van der Waals surface area (Å²) in [4.78, 5) is 26.3. The number of aromatic nitrogens is 1. The number of carbonyl (C=O) groups is 2. The summed E-state index contributed by atoms with van der Waals surface area (Å²) >= 11 is 0. The Morgan fingerprint density at radius 3 is 2.67 bits per heavy atom. The SMILES string of the molecule is Cc1ccc(OCC(=O)NCC(=O)N=Nc2c(O)[nH]c3ccccc23)cc1. The van der Waals surface area contributed by atoms with E-state index in [0.717, 1.165) is 5.56 Å². The van der Waals surface area contributed by atoms with Crippen molar-refractivity contribution in [2.75, 3.05) is 13.2 Å². The lowest BCUT2D eigenvalue weighted by molar-refractivity contribution is -0.126. The molecule has 2 amide bonds. The summed E-state index contributed by atoms with van der Waals surface area (Å²) in [5, 5.41) is 20.2. The van der Waals surface area contributed by atoms with E-state index in [1.807, 2.05) is 19.1 Å². The molecule has 0 radical (unpaired) electrons. The minimum atomic E-state index is -0.650. The van der Waals surface area contributed by atoms with E-state index in [-0.39, 0.29) is 24.7 Å². The van der Waals surface area contributed by atoms with Crippen LogP contribution in [0.2, 0.25) is 0 Å². The molecule has 0 aliphatic rings. The fraction of sp³-hybridized carbons (Fsp3) is 0.158. The third-order valence-electron chi connectivity index (χ3n) is 3.75. The molecule has 0 aliphatic carbocycles. The highest BCUT2D eigenvalue weighted by molar-refractivity contribution is 5.94. The van der Waals surface area contributed by atoms with E-state index in [1.54, 1.807) is 36.4 Å². The number of aromatic amines is 1. The van der Waals surface area contributed by atoms with Gasteiger partial charge in [0.1, 0.15) is 12.3 Å². The zero-order valence-corrected chi connectivity index (χ0v) is 14.6. The fourth-order valence-electron chi connectivity index (χ4n) is 2.36. The van der Waals surface area contributed by atoms with Gasteiger partial charge in [0.25, 0.3) is 11.8 Å². The molecule has 0 bridgehead atoms. The van der Waals surface area contributed by atoms with Gasteiger partial charge in [0.15, 0.2) is 12.3 Å². The Morgan fingerprint density at radius 2 is 1.89 bits per heavy atom. The lowest BCUT2D eigenvalue weighted by atomic mass is 10.2. The zero-order chi connectivity index (χ0) is 19.2. The average Bonchev–Trinajstić information content (AvgIpc) is 2.99. The summed E-state index contributed by atoms with van der Waals surface area (Å²) in [6.45, 7) is 1.42. The Bertz CT molecular complexity index is 993. The molecule has 27 heavy (non-hydrogen) atoms. The van der Waals surface area contributed by atoms with Gasteiger partial charge >= 0.3 is 0 Å². The van der Waals surface area contributed by atoms with Gasteiger partial charge in [-0.15, -0.1) is 10.2 Å². The number of fused-ring (bicyclic) bond motifs is 1. The number of amides is 2. The maximum atomic E-state index is 11.8. The highest BCUT2D eigenvalue weighted by Crippen LogP contribution is 2.35. The number of carbonyl (C=O) groups excluding carboxylic acids is 2. The lowest BCUT2D eigenvalue weighted by Crippen LogP contribution is -2.32. The first kappa shape index (κ1) is 18.1. The summed E-state index contributed by atoms with van der Waals surface area (Å²) in [5.41, 5.74) is 1.94. The Hall–Kier alpha value is -3.68. The highest BCUT2D eigenvalue weighted by Gasteiger charge is 2.11. The van der Waals surface area contributed by atoms with Crippen LogP contribution in [-0.4, -0.2) is 35.1 Å². The average molecular weight is 366 g/mol. The maximum Gasteiger partial charge on any atom is 0.283 e. The number of aromatic hydroxyl groups is 1. The molecule has 138 valence electrons. The van der Waals surface area contributed by atoms with Crippen LogP contribution in [0.15, 0.2) is 58.8 Å². The van der Waals surface area contributed by atoms with Crippen molar-refractivity contribution in [1.82, 2.24) is 10.3 Å². The van der Waals surface area contributed by atoms with E-state index in [2.05, 4.69) is 20.5 Å². The Morgan fingerprint density at radius 1 is 1.15 bits per heavy atom. The molecule has 0 saturated heterocycles. The zero-order valence-electron chi connectivity index (χ0n) is 14.6. The number of nitrogens with zero attached hydrogens (tertiary/aromatic N) is 2. The molecule has 0 aliphatic heterocycles. The summed E-state index contributed by atoms with van der Waals surface area (Å²) in [6, 6.07) is 14.4. The van der Waals surface area contributed by atoms with E-state index in [0.29, 0.717) is 16.7 Å². The van der Waals surface area contributed by atoms with E-state index >= 15 is 0 Å². The topological polar surface area (TPSA) is 116 Å². The van der Waals surface area contributed by atoms with Gasteiger partial charge in [-0.25, -0.2) is 0 Å². The van der Waals surface area contributed by atoms with Crippen LogP contribution in [0, 0.1) is 6.92 Å². The van der Waals surface area contributed by atoms with Crippen molar-refractivity contribution in [2.24, 2.45) is 10.2 Å². The maximum absolute atomic E-state index is 11.8. The van der Waals surface area contributed by atoms with Gasteiger partial charge in [-0.2, -0.15) is 0 Å². The van der Waals surface area contributed by atoms with Crippen LogP contribution in [0.4, 0.5) is 5.69 Å². The van der Waals surface area contributed by atoms with E-state index in [4.69, 9.17) is 4.74 Å². The smallest absolute Gasteiger partial charge is 0.283 e. The summed E-state index contributed by atoms with van der Waals surface area (Å²) in [6.07, 6.45) is 0. The van der Waals surface area contributed by atoms with Gasteiger partial charge < -0.3 is 20.1 Å². The fourth-order valence-corrected chi connectivity index (χ4v) is 2.36. The predicted octanol–water partition coefficient (Wildman–Crippen LogP) is 2.99. The van der Waals surface area contributed by atoms with Crippen LogP contribution in [0.3, 0.4) is 0 Å². The Labute approximate surface area is 154 Å². The molecule has 2 aromatic carbocycles. The van der Waals surface area contributed by atoms with E-state index < -0.39 is 11.8 Å². The summed E-state index contributed by atoms with van der Waals surface area (Å²) < 4.78 is 5.32. The van der Waals surface area contributed by atoms with Crippen LogP contribution in [0.5, 0.6) is 11.6 Å². The van der Waals surface area contributed by atoms with Crippen LogP contribution in [-0.2, 0) is 9.59 Å². The summed E-state index contributed by atoms with van der Waals surface area (Å²) in [5.74, 6) is -0.711. The van der Waals surface area contributed by atoms with Gasteiger partial charge in [0.2, 0.25) is 5.88 Å². The molecule has 0 fully saturated rings. The highest BCUT2D eigenvalue weighted by atomic mass is 16.5. The second-order valence-corrected chi connectivity index (χ2v) is 5.84. The molecule has 3 rings (SSSR count). The molecule has 0 spiro atoms. The molecule has 3 N–H and O–H groups in total. The molecule has 0 unspecified atom stereocenters. The molecule has 8 nitrogen and oxygen atoms in total. The van der Waals surface area contributed by atoms with Gasteiger partial charge in [0.05, 0.1) is 5.52 Å². The molecule has 3 aromatic rings. The number of para-hydroxylation sites is 1. The van der Waals surface area contributed by atoms with Crippen LogP contribution >= 0.6 is 0 Å². The lowest BCUT2D eigenvalue weighted by Gasteiger charge is -2.06. The minimum Gasteiger partial charge on any atom is -0.493 e. The molecule has 8 heteroatoms. The largest absolute Gasteiger partial charge is 0.493 e.